The van der Waals surface area contributed by atoms with E-state index >= 15 is 0 Å². The Hall–Kier alpha value is -3.60. The third-order valence-electron chi connectivity index (χ3n) is 4.69. The standard InChI is InChI=1S/C22H20ClFN4O5/c1-12(29)18-9-19(26-25-18)21(31)27-28(11-20(30)22(32)33)10-13-2-4-14(5-3-13)16-8-15(23)6-7-17(16)24/h2-9,20,30H,10-11H2,1H3,(H,25,26)(H,27,31)(H,32,33). The number of amides is 1. The van der Waals surface area contributed by atoms with Gasteiger partial charge in [-0.05, 0) is 35.4 Å². The van der Waals surface area contributed by atoms with Crippen molar-refractivity contribution in [1.82, 2.24) is 20.6 Å². The van der Waals surface area contributed by atoms with E-state index in [1.54, 1.807) is 24.3 Å². The molecule has 1 amide bonds. The number of carboxylic acids is 1. The fraction of sp³-hybridized carbons (Fsp3) is 0.182. The topological polar surface area (TPSA) is 136 Å². The first-order valence-corrected chi connectivity index (χ1v) is 10.1. The number of hydrogen-bond acceptors (Lipinski definition) is 6. The molecule has 11 heteroatoms. The van der Waals surface area contributed by atoms with E-state index in [9.17, 15) is 23.9 Å². The van der Waals surface area contributed by atoms with Crippen LogP contribution >= 0.6 is 11.6 Å². The van der Waals surface area contributed by atoms with E-state index < -0.39 is 30.3 Å². The number of hydrogen-bond donors (Lipinski definition) is 4. The van der Waals surface area contributed by atoms with E-state index in [1.807, 2.05) is 0 Å². The number of Topliss-reactive ketones (excluding diaryl/α,β-unsaturated/α-hetero) is 1. The molecule has 0 saturated heterocycles. The van der Waals surface area contributed by atoms with Crippen LogP contribution in [-0.2, 0) is 11.3 Å². The minimum absolute atomic E-state index is 0.0122. The molecule has 0 aliphatic carbocycles. The normalized spacial score (nSPS) is 11.9. The number of H-pyrrole nitrogens is 1. The molecule has 0 bridgehead atoms. The summed E-state index contributed by atoms with van der Waals surface area (Å²) in [7, 11) is 0. The Labute approximate surface area is 192 Å². The predicted molar refractivity (Wildman–Crippen MR) is 117 cm³/mol. The van der Waals surface area contributed by atoms with Gasteiger partial charge in [-0.3, -0.25) is 20.1 Å². The minimum Gasteiger partial charge on any atom is -0.479 e. The molecule has 0 fully saturated rings. The van der Waals surface area contributed by atoms with Gasteiger partial charge in [-0.15, -0.1) is 0 Å². The Kier molecular flexibility index (Phi) is 7.54. The molecule has 172 valence electrons. The lowest BCUT2D eigenvalue weighted by molar-refractivity contribution is -0.148. The van der Waals surface area contributed by atoms with Gasteiger partial charge in [0, 0.05) is 24.1 Å². The molecule has 0 saturated carbocycles. The molecule has 3 aromatic rings. The van der Waals surface area contributed by atoms with Gasteiger partial charge in [0.2, 0.25) is 0 Å². The van der Waals surface area contributed by atoms with Crippen LogP contribution in [0.1, 0.15) is 33.5 Å². The van der Waals surface area contributed by atoms with Crippen molar-refractivity contribution in [3.63, 3.8) is 0 Å². The lowest BCUT2D eigenvalue weighted by atomic mass is 10.0. The predicted octanol–water partition coefficient (Wildman–Crippen LogP) is 2.66. The van der Waals surface area contributed by atoms with E-state index in [0.29, 0.717) is 21.7 Å². The number of carboxylic acid groups (broad SMARTS) is 1. The van der Waals surface area contributed by atoms with Crippen LogP contribution in [0.4, 0.5) is 4.39 Å². The molecule has 0 aliphatic rings. The first kappa shape index (κ1) is 24.1. The van der Waals surface area contributed by atoms with Crippen molar-refractivity contribution in [2.24, 2.45) is 0 Å². The van der Waals surface area contributed by atoms with Crippen molar-refractivity contribution in [2.45, 2.75) is 19.6 Å². The largest absolute Gasteiger partial charge is 0.479 e. The Morgan fingerprint density at radius 2 is 1.88 bits per heavy atom. The number of carbonyl (C=O) groups is 3. The van der Waals surface area contributed by atoms with Crippen LogP contribution in [0.3, 0.4) is 0 Å². The molecule has 0 spiro atoms. The molecule has 4 N–H and O–H groups in total. The molecule has 1 aromatic heterocycles. The second-order valence-electron chi connectivity index (χ2n) is 7.22. The number of aliphatic hydroxyl groups excluding tert-OH is 1. The van der Waals surface area contributed by atoms with E-state index in [0.717, 1.165) is 0 Å². The monoisotopic (exact) mass is 474 g/mol. The number of ketones is 1. The maximum atomic E-state index is 14.1. The Morgan fingerprint density at radius 1 is 1.18 bits per heavy atom. The maximum absolute atomic E-state index is 14.1. The summed E-state index contributed by atoms with van der Waals surface area (Å²) in [6.45, 7) is 0.911. The molecule has 1 atom stereocenters. The molecule has 9 nitrogen and oxygen atoms in total. The zero-order valence-electron chi connectivity index (χ0n) is 17.4. The number of aliphatic hydroxyl groups is 1. The van der Waals surface area contributed by atoms with Gasteiger partial charge in [0.15, 0.2) is 11.9 Å². The van der Waals surface area contributed by atoms with Gasteiger partial charge in [-0.1, -0.05) is 35.9 Å². The van der Waals surface area contributed by atoms with E-state index in [2.05, 4.69) is 15.6 Å². The SMILES string of the molecule is CC(=O)c1cc(C(=O)NN(Cc2ccc(-c3cc(Cl)ccc3F)cc2)CC(O)C(=O)O)[nH]n1. The van der Waals surface area contributed by atoms with Crippen molar-refractivity contribution >= 4 is 29.3 Å². The summed E-state index contributed by atoms with van der Waals surface area (Å²) >= 11 is 5.95. The maximum Gasteiger partial charge on any atom is 0.333 e. The number of rotatable bonds is 9. The fourth-order valence-corrected chi connectivity index (χ4v) is 3.16. The summed E-state index contributed by atoms with van der Waals surface area (Å²) in [5, 5.41) is 26.6. The van der Waals surface area contributed by atoms with Crippen LogP contribution in [0.25, 0.3) is 11.1 Å². The third kappa shape index (κ3) is 6.22. The highest BCUT2D eigenvalue weighted by Crippen LogP contribution is 2.26. The summed E-state index contributed by atoms with van der Waals surface area (Å²) in [5.41, 5.74) is 4.10. The lowest BCUT2D eigenvalue weighted by Gasteiger charge is -2.24. The summed E-state index contributed by atoms with van der Waals surface area (Å²) in [6, 6.07) is 12.1. The number of aromatic nitrogens is 2. The zero-order chi connectivity index (χ0) is 24.1. The van der Waals surface area contributed by atoms with Gasteiger partial charge in [-0.25, -0.2) is 14.2 Å². The summed E-state index contributed by atoms with van der Waals surface area (Å²) < 4.78 is 14.1. The molecule has 2 aromatic carbocycles. The van der Waals surface area contributed by atoms with Gasteiger partial charge in [0.25, 0.3) is 5.91 Å². The molecule has 0 radical (unpaired) electrons. The fourth-order valence-electron chi connectivity index (χ4n) is 2.99. The molecule has 1 unspecified atom stereocenters. The number of hydrazine groups is 1. The highest BCUT2D eigenvalue weighted by Gasteiger charge is 2.21. The first-order valence-electron chi connectivity index (χ1n) is 9.71. The Bertz CT molecular complexity index is 1180. The van der Waals surface area contributed by atoms with Crippen molar-refractivity contribution in [2.75, 3.05) is 6.54 Å². The molecule has 33 heavy (non-hydrogen) atoms. The Balaban J connectivity index is 1.77. The highest BCUT2D eigenvalue weighted by molar-refractivity contribution is 6.30. The summed E-state index contributed by atoms with van der Waals surface area (Å²) in [6.07, 6.45) is -1.76. The minimum atomic E-state index is -1.76. The second kappa shape index (κ2) is 10.3. The highest BCUT2D eigenvalue weighted by atomic mass is 35.5. The number of aromatic amines is 1. The zero-order valence-corrected chi connectivity index (χ0v) is 18.1. The van der Waals surface area contributed by atoms with Gasteiger partial charge >= 0.3 is 5.97 Å². The molecule has 1 heterocycles. The smallest absolute Gasteiger partial charge is 0.333 e. The quantitative estimate of drug-likeness (QED) is 0.276. The number of aliphatic carboxylic acids is 1. The Morgan fingerprint density at radius 3 is 2.48 bits per heavy atom. The first-order chi connectivity index (χ1) is 15.6. The summed E-state index contributed by atoms with van der Waals surface area (Å²) in [4.78, 5) is 35.0. The van der Waals surface area contributed by atoms with Crippen LogP contribution in [0, 0.1) is 5.82 Å². The van der Waals surface area contributed by atoms with Crippen LogP contribution in [0.5, 0.6) is 0 Å². The van der Waals surface area contributed by atoms with Crippen molar-refractivity contribution in [1.29, 1.82) is 0 Å². The second-order valence-corrected chi connectivity index (χ2v) is 7.66. The molecule has 0 aliphatic heterocycles. The average molecular weight is 475 g/mol. The molecular weight excluding hydrogens is 455 g/mol. The number of nitrogens with one attached hydrogen (secondary N) is 2. The molecule has 3 rings (SSSR count). The van der Waals surface area contributed by atoms with Gasteiger partial charge in [0.1, 0.15) is 17.2 Å². The van der Waals surface area contributed by atoms with Gasteiger partial charge < -0.3 is 10.2 Å². The van der Waals surface area contributed by atoms with E-state index in [-0.39, 0.29) is 23.7 Å². The third-order valence-corrected chi connectivity index (χ3v) is 4.92. The lowest BCUT2D eigenvalue weighted by Crippen LogP contribution is -2.47. The number of carbonyl (C=O) groups excluding carboxylic acids is 2. The van der Waals surface area contributed by atoms with E-state index in [4.69, 9.17) is 16.7 Å². The summed E-state index contributed by atoms with van der Waals surface area (Å²) in [5.74, 6) is -2.90. The van der Waals surface area contributed by atoms with Crippen molar-refractivity contribution in [3.05, 3.63) is 76.3 Å². The van der Waals surface area contributed by atoms with Crippen LogP contribution in [0.15, 0.2) is 48.5 Å². The number of halogens is 2. The van der Waals surface area contributed by atoms with Crippen molar-refractivity contribution in [3.8, 4) is 11.1 Å². The average Bonchev–Trinajstić information content (AvgIpc) is 3.27. The van der Waals surface area contributed by atoms with Gasteiger partial charge in [-0.2, -0.15) is 5.10 Å². The van der Waals surface area contributed by atoms with Crippen LogP contribution < -0.4 is 5.43 Å². The van der Waals surface area contributed by atoms with Gasteiger partial charge in [0.05, 0.1) is 6.54 Å². The van der Waals surface area contributed by atoms with Crippen molar-refractivity contribution < 1.29 is 29.0 Å². The molecular formula is C22H20ClFN4O5. The number of nitrogens with zero attached hydrogens (tertiary/aromatic N) is 2. The number of benzene rings is 2. The van der Waals surface area contributed by atoms with Crippen LogP contribution in [-0.4, -0.2) is 55.7 Å². The van der Waals surface area contributed by atoms with Crippen LogP contribution in [0.2, 0.25) is 5.02 Å². The van der Waals surface area contributed by atoms with E-state index in [1.165, 1.54) is 36.2 Å².